The summed E-state index contributed by atoms with van der Waals surface area (Å²) in [5, 5.41) is 18.7. The Morgan fingerprint density at radius 3 is 1.82 bits per heavy atom. The molecular formula is C30H39N7S2. The largest absolute Gasteiger partial charge is 0.356 e. The summed E-state index contributed by atoms with van der Waals surface area (Å²) in [6.45, 7) is 0. The van der Waals surface area contributed by atoms with Crippen LogP contribution < -0.4 is 21.5 Å². The maximum atomic E-state index is 5.80. The molecule has 0 atom stereocenters. The lowest BCUT2D eigenvalue weighted by Crippen LogP contribution is -2.61. The molecule has 8 aliphatic rings. The summed E-state index contributed by atoms with van der Waals surface area (Å²) in [6, 6.07) is 8.19. The van der Waals surface area contributed by atoms with Gasteiger partial charge in [0.2, 0.25) is 5.11 Å². The molecular weight excluding hydrogens is 523 g/mol. The zero-order chi connectivity index (χ0) is 26.2. The van der Waals surface area contributed by atoms with Gasteiger partial charge in [0.25, 0.3) is 0 Å². The lowest BCUT2D eigenvalue weighted by atomic mass is 9.53. The fraction of sp³-hybridized carbons (Fsp3) is 0.667. The topological polar surface area (TPSA) is 88.6 Å². The highest BCUT2D eigenvalue weighted by Gasteiger charge is 2.52. The van der Waals surface area contributed by atoms with Gasteiger partial charge in [-0.15, -0.1) is 10.2 Å². The highest BCUT2D eigenvalue weighted by Crippen LogP contribution is 2.56. The zero-order valence-corrected chi connectivity index (χ0v) is 24.1. The van der Waals surface area contributed by atoms with E-state index in [-0.39, 0.29) is 11.1 Å². The number of rotatable bonds is 5. The first-order valence-corrected chi connectivity index (χ1v) is 15.9. The van der Waals surface area contributed by atoms with Crippen LogP contribution in [0.2, 0.25) is 0 Å². The fourth-order valence-corrected chi connectivity index (χ4v) is 11.1. The number of hydrazine groups is 1. The van der Waals surface area contributed by atoms with E-state index in [1.165, 1.54) is 77.0 Å². The van der Waals surface area contributed by atoms with Crippen LogP contribution in [0.15, 0.2) is 34.5 Å². The van der Waals surface area contributed by atoms with Crippen molar-refractivity contribution in [3.63, 3.8) is 0 Å². The quantitative estimate of drug-likeness (QED) is 0.156. The van der Waals surface area contributed by atoms with Crippen LogP contribution >= 0.6 is 24.4 Å². The van der Waals surface area contributed by atoms with Crippen molar-refractivity contribution in [2.75, 3.05) is 5.43 Å². The molecule has 5 N–H and O–H groups in total. The minimum atomic E-state index is 0.128. The molecule has 8 saturated carbocycles. The molecule has 0 unspecified atom stereocenters. The normalized spacial score (nSPS) is 39.4. The van der Waals surface area contributed by atoms with E-state index in [1.807, 2.05) is 12.1 Å². The molecule has 0 spiro atoms. The van der Waals surface area contributed by atoms with E-state index in [1.54, 1.807) is 0 Å². The van der Waals surface area contributed by atoms with Crippen molar-refractivity contribution in [1.82, 2.24) is 21.0 Å². The average Bonchev–Trinajstić information content (AvgIpc) is 3.21. The molecule has 1 aromatic heterocycles. The van der Waals surface area contributed by atoms with Crippen LogP contribution in [0.1, 0.15) is 77.0 Å². The molecule has 8 aliphatic carbocycles. The number of hydrogen-bond acceptors (Lipinski definition) is 4. The average molecular weight is 562 g/mol. The first-order valence-electron chi connectivity index (χ1n) is 15.1. The summed E-state index contributed by atoms with van der Waals surface area (Å²) in [7, 11) is 0. The second kappa shape index (κ2) is 9.13. The number of nitrogens with zero attached hydrogens (tertiary/aromatic N) is 2. The zero-order valence-electron chi connectivity index (χ0n) is 22.5. The summed E-state index contributed by atoms with van der Waals surface area (Å²) < 4.78 is 0. The van der Waals surface area contributed by atoms with Gasteiger partial charge in [0.1, 0.15) is 5.69 Å². The molecule has 8 bridgehead atoms. The Balaban J connectivity index is 0.961. The van der Waals surface area contributed by atoms with Gasteiger partial charge in [-0.1, -0.05) is 18.2 Å². The van der Waals surface area contributed by atoms with Gasteiger partial charge < -0.3 is 15.6 Å². The van der Waals surface area contributed by atoms with Crippen LogP contribution in [0.4, 0.5) is 11.5 Å². The fourth-order valence-electron chi connectivity index (χ4n) is 10.6. The molecule has 10 rings (SSSR count). The first-order chi connectivity index (χ1) is 18.9. The van der Waals surface area contributed by atoms with Crippen LogP contribution in [0.3, 0.4) is 0 Å². The number of benzene rings is 1. The number of fused-ring (bicyclic) bond motifs is 1. The third-order valence-electron chi connectivity index (χ3n) is 11.1. The molecule has 9 heteroatoms. The number of azo groups is 1. The second-order valence-electron chi connectivity index (χ2n) is 14.1. The van der Waals surface area contributed by atoms with E-state index < -0.39 is 0 Å². The highest BCUT2D eigenvalue weighted by molar-refractivity contribution is 7.80. The second-order valence-corrected chi connectivity index (χ2v) is 14.9. The molecule has 0 saturated heterocycles. The summed E-state index contributed by atoms with van der Waals surface area (Å²) in [4.78, 5) is 3.42. The SMILES string of the molecule is S=C(N=Nc1[nH]c2ccccc2c1NNC(=S)NC12CC3CC(CC(C3)C1)C2)NC12CC3CC(CC(C3)C1)C2. The Morgan fingerprint density at radius 2 is 1.26 bits per heavy atom. The van der Waals surface area contributed by atoms with E-state index in [4.69, 9.17) is 24.4 Å². The summed E-state index contributed by atoms with van der Waals surface area (Å²) in [6.07, 6.45) is 15.9. The number of H-pyrrole nitrogens is 1. The summed E-state index contributed by atoms with van der Waals surface area (Å²) in [5.41, 5.74) is 8.77. The van der Waals surface area contributed by atoms with Crippen LogP contribution in [-0.4, -0.2) is 26.3 Å². The van der Waals surface area contributed by atoms with Crippen molar-refractivity contribution in [1.29, 1.82) is 0 Å². The highest BCUT2D eigenvalue weighted by atomic mass is 32.1. The molecule has 0 amide bonds. The summed E-state index contributed by atoms with van der Waals surface area (Å²) >= 11 is 11.5. The minimum Gasteiger partial charge on any atom is -0.356 e. The van der Waals surface area contributed by atoms with E-state index >= 15 is 0 Å². The number of nitrogens with one attached hydrogen (secondary N) is 5. The van der Waals surface area contributed by atoms with Gasteiger partial charge in [-0.25, -0.2) is 0 Å². The van der Waals surface area contributed by atoms with Gasteiger partial charge in [0, 0.05) is 22.0 Å². The van der Waals surface area contributed by atoms with Crippen molar-refractivity contribution in [2.24, 2.45) is 45.7 Å². The predicted molar refractivity (Wildman–Crippen MR) is 163 cm³/mol. The van der Waals surface area contributed by atoms with Crippen LogP contribution in [-0.2, 0) is 0 Å². The van der Waals surface area contributed by atoms with Crippen molar-refractivity contribution in [3.05, 3.63) is 24.3 Å². The van der Waals surface area contributed by atoms with Gasteiger partial charge in [0.15, 0.2) is 10.9 Å². The van der Waals surface area contributed by atoms with E-state index in [9.17, 15) is 0 Å². The van der Waals surface area contributed by atoms with Gasteiger partial charge in [-0.05, 0) is 143 Å². The van der Waals surface area contributed by atoms with Gasteiger partial charge in [-0.3, -0.25) is 10.9 Å². The van der Waals surface area contributed by atoms with Crippen molar-refractivity contribution >= 4 is 57.1 Å². The smallest absolute Gasteiger partial charge is 0.214 e. The van der Waals surface area contributed by atoms with Crippen LogP contribution in [0.5, 0.6) is 0 Å². The number of anilines is 1. The molecule has 39 heavy (non-hydrogen) atoms. The molecule has 1 heterocycles. The number of para-hydroxylation sites is 1. The molecule has 0 radical (unpaired) electrons. The minimum absolute atomic E-state index is 0.128. The van der Waals surface area contributed by atoms with Gasteiger partial charge in [0.05, 0.1) is 0 Å². The number of aromatic nitrogens is 1. The van der Waals surface area contributed by atoms with Crippen LogP contribution in [0, 0.1) is 35.5 Å². The first kappa shape index (κ1) is 24.5. The van der Waals surface area contributed by atoms with E-state index in [0.29, 0.717) is 16.0 Å². The Labute approximate surface area is 241 Å². The number of thiocarbonyl (C=S) groups is 2. The third kappa shape index (κ3) is 4.53. The van der Waals surface area contributed by atoms with Gasteiger partial charge >= 0.3 is 0 Å². The van der Waals surface area contributed by atoms with Crippen molar-refractivity contribution in [2.45, 2.75) is 88.1 Å². The van der Waals surface area contributed by atoms with E-state index in [2.05, 4.69) is 48.8 Å². The molecule has 1 aromatic carbocycles. The van der Waals surface area contributed by atoms with Crippen molar-refractivity contribution in [3.8, 4) is 0 Å². The lowest BCUT2D eigenvalue weighted by molar-refractivity contribution is -0.0102. The Kier molecular flexibility index (Phi) is 5.74. The molecule has 0 aliphatic heterocycles. The third-order valence-corrected chi connectivity index (χ3v) is 11.4. The maximum absolute atomic E-state index is 5.80. The lowest BCUT2D eigenvalue weighted by Gasteiger charge is -2.57. The molecule has 2 aromatic rings. The monoisotopic (exact) mass is 561 g/mol. The molecule has 8 fully saturated rings. The standard InChI is InChI=1S/C30H39N7S2/c38-27(32-29-11-17-5-18(12-29)7-19(6-17)13-29)36-34-25-23-3-1-2-4-24(23)31-26(25)35-37-28(39)33-30-14-20-8-21(15-30)10-22(9-20)16-30/h1-4,17-22,31,34H,5-16H2,(H,33,39)(H2,32,36,38). The van der Waals surface area contributed by atoms with E-state index in [0.717, 1.165) is 52.1 Å². The number of aromatic amines is 1. The molecule has 206 valence electrons. The molecule has 7 nitrogen and oxygen atoms in total. The Hall–Kier alpha value is -2.26. The predicted octanol–water partition coefficient (Wildman–Crippen LogP) is 6.85. The Morgan fingerprint density at radius 1 is 0.744 bits per heavy atom. The maximum Gasteiger partial charge on any atom is 0.214 e. The van der Waals surface area contributed by atoms with Gasteiger partial charge in [-0.2, -0.15) is 0 Å². The Bertz CT molecular complexity index is 1280. The van der Waals surface area contributed by atoms with Crippen molar-refractivity contribution < 1.29 is 0 Å². The number of hydrogen-bond donors (Lipinski definition) is 5. The van der Waals surface area contributed by atoms with Crippen LogP contribution in [0.25, 0.3) is 10.9 Å². The summed E-state index contributed by atoms with van der Waals surface area (Å²) in [5.74, 6) is 5.83.